The summed E-state index contributed by atoms with van der Waals surface area (Å²) in [5.41, 5.74) is 5.03. The summed E-state index contributed by atoms with van der Waals surface area (Å²) in [7, 11) is 0. The molecule has 0 aliphatic carbocycles. The van der Waals surface area contributed by atoms with E-state index < -0.39 is 11.8 Å². The molecule has 1 amide bonds. The number of halogens is 2. The minimum absolute atomic E-state index is 0.0559. The van der Waals surface area contributed by atoms with Gasteiger partial charge >= 0.3 is 11.8 Å². The first-order valence-corrected chi connectivity index (χ1v) is 6.91. The number of hydrogen-bond acceptors (Lipinski definition) is 4. The Labute approximate surface area is 132 Å². The number of hydrogen-bond donors (Lipinski definition) is 1. The maximum Gasteiger partial charge on any atom is 0.404 e. The summed E-state index contributed by atoms with van der Waals surface area (Å²) in [6.07, 6.45) is 0.564. The van der Waals surface area contributed by atoms with Crippen molar-refractivity contribution in [3.05, 3.63) is 57.5 Å². The highest BCUT2D eigenvalue weighted by Crippen LogP contribution is 2.13. The van der Waals surface area contributed by atoms with Crippen molar-refractivity contribution in [1.29, 1.82) is 0 Å². The van der Waals surface area contributed by atoms with E-state index in [1.54, 1.807) is 18.2 Å². The van der Waals surface area contributed by atoms with Crippen LogP contribution in [0.15, 0.2) is 51.8 Å². The lowest BCUT2D eigenvalue weighted by Gasteiger charge is -2.05. The van der Waals surface area contributed by atoms with Crippen molar-refractivity contribution in [2.75, 3.05) is 6.61 Å². The van der Waals surface area contributed by atoms with Gasteiger partial charge in [0, 0.05) is 10.0 Å². The molecule has 2 N–H and O–H groups in total. The third-order valence-corrected chi connectivity index (χ3v) is 3.22. The zero-order chi connectivity index (χ0) is 16.1. The maximum absolute atomic E-state index is 12.8. The van der Waals surface area contributed by atoms with Crippen molar-refractivity contribution in [2.24, 2.45) is 5.73 Å². The first-order valence-electron chi connectivity index (χ1n) is 6.12. The maximum atomic E-state index is 12.8. The molecule has 0 unspecified atom stereocenters. The predicted molar refractivity (Wildman–Crippen MR) is 80.3 cm³/mol. The normalized spacial score (nSPS) is 11.5. The zero-order valence-corrected chi connectivity index (χ0v) is 12.9. The monoisotopic (exact) mass is 370 g/mol. The van der Waals surface area contributed by atoms with Crippen LogP contribution in [-0.2, 0) is 11.3 Å². The molecule has 1 aromatic heterocycles. The standard InChI is InChI=1S/C13H12BrFN4O3/c14-10-2-1-3-11(4-10)18-8-17-19(13(18)21)6-9(5-15)7-22-12(16)20/h1-5,8H,6-7H2,(H2,16,20)/b9-5-. The van der Waals surface area contributed by atoms with E-state index in [2.05, 4.69) is 25.8 Å². The molecule has 0 aliphatic heterocycles. The Hall–Kier alpha value is -2.42. The first kappa shape index (κ1) is 16.0. The minimum atomic E-state index is -1.02. The van der Waals surface area contributed by atoms with Crippen LogP contribution in [-0.4, -0.2) is 27.0 Å². The lowest BCUT2D eigenvalue weighted by atomic mass is 10.3. The zero-order valence-electron chi connectivity index (χ0n) is 11.3. The summed E-state index contributed by atoms with van der Waals surface area (Å²) in [5, 5.41) is 3.91. The number of amides is 1. The van der Waals surface area contributed by atoms with Crippen LogP contribution in [0.4, 0.5) is 9.18 Å². The molecule has 0 saturated heterocycles. The van der Waals surface area contributed by atoms with E-state index >= 15 is 0 Å². The van der Waals surface area contributed by atoms with Crippen molar-refractivity contribution in [3.63, 3.8) is 0 Å². The highest BCUT2D eigenvalue weighted by molar-refractivity contribution is 9.10. The lowest BCUT2D eigenvalue weighted by molar-refractivity contribution is 0.164. The van der Waals surface area contributed by atoms with E-state index in [4.69, 9.17) is 5.73 Å². The quantitative estimate of drug-likeness (QED) is 0.867. The second-order valence-electron chi connectivity index (χ2n) is 4.30. The SMILES string of the molecule is NC(=O)OC/C(=C\F)Cn1ncn(-c2cccc(Br)c2)c1=O. The summed E-state index contributed by atoms with van der Waals surface area (Å²) in [4.78, 5) is 22.8. The van der Waals surface area contributed by atoms with Gasteiger partial charge in [0.1, 0.15) is 12.9 Å². The van der Waals surface area contributed by atoms with Crippen molar-refractivity contribution in [2.45, 2.75) is 6.54 Å². The van der Waals surface area contributed by atoms with Gasteiger partial charge in [0.2, 0.25) is 0 Å². The average molecular weight is 371 g/mol. The summed E-state index contributed by atoms with van der Waals surface area (Å²) in [6.45, 7) is -0.494. The number of carbonyl (C=O) groups is 1. The molecule has 9 heteroatoms. The van der Waals surface area contributed by atoms with Crippen LogP contribution in [0.2, 0.25) is 0 Å². The third-order valence-electron chi connectivity index (χ3n) is 2.73. The predicted octanol–water partition coefficient (Wildman–Crippen LogP) is 1.75. The summed E-state index contributed by atoms with van der Waals surface area (Å²) in [5.74, 6) is 0. The molecular formula is C13H12BrFN4O3. The van der Waals surface area contributed by atoms with Gasteiger partial charge in [-0.2, -0.15) is 5.10 Å². The van der Waals surface area contributed by atoms with Crippen LogP contribution >= 0.6 is 15.9 Å². The number of nitrogens with zero attached hydrogens (tertiary/aromatic N) is 3. The molecule has 0 aliphatic rings. The van der Waals surface area contributed by atoms with Gasteiger partial charge in [-0.3, -0.25) is 0 Å². The fourth-order valence-electron chi connectivity index (χ4n) is 1.72. The number of ether oxygens (including phenoxy) is 1. The summed E-state index contributed by atoms with van der Waals surface area (Å²) < 4.78 is 20.4. The Kier molecular flexibility index (Phi) is 5.10. The Morgan fingerprint density at radius 3 is 2.91 bits per heavy atom. The number of carbonyl (C=O) groups excluding carboxylic acids is 1. The van der Waals surface area contributed by atoms with Gasteiger partial charge in [0.25, 0.3) is 0 Å². The van der Waals surface area contributed by atoms with E-state index in [9.17, 15) is 14.0 Å². The average Bonchev–Trinajstić information content (AvgIpc) is 2.84. The van der Waals surface area contributed by atoms with Crippen LogP contribution < -0.4 is 11.4 Å². The van der Waals surface area contributed by atoms with E-state index in [1.807, 2.05) is 6.07 Å². The Morgan fingerprint density at radius 2 is 2.27 bits per heavy atom. The second-order valence-corrected chi connectivity index (χ2v) is 5.21. The topological polar surface area (TPSA) is 92.1 Å². The third kappa shape index (κ3) is 3.82. The van der Waals surface area contributed by atoms with Gasteiger partial charge in [-0.05, 0) is 18.2 Å². The van der Waals surface area contributed by atoms with Crippen LogP contribution in [0.25, 0.3) is 5.69 Å². The van der Waals surface area contributed by atoms with Crippen LogP contribution in [0.1, 0.15) is 0 Å². The van der Waals surface area contributed by atoms with E-state index in [0.29, 0.717) is 5.69 Å². The molecule has 22 heavy (non-hydrogen) atoms. The van der Waals surface area contributed by atoms with Crippen LogP contribution in [0.5, 0.6) is 0 Å². The fraction of sp³-hybridized carbons (Fsp3) is 0.154. The highest BCUT2D eigenvalue weighted by Gasteiger charge is 2.10. The summed E-state index contributed by atoms with van der Waals surface area (Å²) in [6, 6.07) is 7.08. The van der Waals surface area contributed by atoms with Gasteiger partial charge in [-0.25, -0.2) is 23.2 Å². The number of nitrogens with two attached hydrogens (primary N) is 1. The molecule has 0 fully saturated rings. The van der Waals surface area contributed by atoms with E-state index in [1.165, 1.54) is 10.9 Å². The molecule has 1 heterocycles. The fourth-order valence-corrected chi connectivity index (χ4v) is 2.10. The molecule has 0 bridgehead atoms. The smallest absolute Gasteiger partial charge is 0.404 e. The van der Waals surface area contributed by atoms with Crippen molar-refractivity contribution < 1.29 is 13.9 Å². The van der Waals surface area contributed by atoms with Crippen LogP contribution in [0, 0.1) is 0 Å². The molecule has 0 radical (unpaired) electrons. The number of aromatic nitrogens is 3. The van der Waals surface area contributed by atoms with E-state index in [0.717, 1.165) is 9.15 Å². The van der Waals surface area contributed by atoms with Gasteiger partial charge in [0.05, 0.1) is 18.6 Å². The molecule has 116 valence electrons. The highest BCUT2D eigenvalue weighted by atomic mass is 79.9. The van der Waals surface area contributed by atoms with Crippen molar-refractivity contribution in [1.82, 2.24) is 14.3 Å². The number of rotatable bonds is 5. The van der Waals surface area contributed by atoms with Crippen molar-refractivity contribution in [3.8, 4) is 5.69 Å². The van der Waals surface area contributed by atoms with Gasteiger partial charge in [-0.15, -0.1) is 0 Å². The molecule has 0 atom stereocenters. The minimum Gasteiger partial charge on any atom is -0.445 e. The molecule has 0 spiro atoms. The van der Waals surface area contributed by atoms with Gasteiger partial charge < -0.3 is 10.5 Å². The largest absolute Gasteiger partial charge is 0.445 e. The second kappa shape index (κ2) is 7.03. The molecule has 7 nitrogen and oxygen atoms in total. The Balaban J connectivity index is 2.21. The first-order chi connectivity index (χ1) is 10.5. The van der Waals surface area contributed by atoms with Gasteiger partial charge in [0.15, 0.2) is 0 Å². The summed E-state index contributed by atoms with van der Waals surface area (Å²) >= 11 is 3.31. The number of benzene rings is 1. The van der Waals surface area contributed by atoms with Gasteiger partial charge in [-0.1, -0.05) is 22.0 Å². The molecule has 0 saturated carbocycles. The van der Waals surface area contributed by atoms with E-state index in [-0.39, 0.29) is 25.1 Å². The molecule has 1 aromatic carbocycles. The Morgan fingerprint density at radius 1 is 1.50 bits per heavy atom. The number of primary amides is 1. The molecular weight excluding hydrogens is 359 g/mol. The molecule has 2 aromatic rings. The van der Waals surface area contributed by atoms with Crippen molar-refractivity contribution >= 4 is 22.0 Å². The van der Waals surface area contributed by atoms with Crippen LogP contribution in [0.3, 0.4) is 0 Å². The lowest BCUT2D eigenvalue weighted by Crippen LogP contribution is -2.26. The molecule has 2 rings (SSSR count). The Bertz CT molecular complexity index is 769.